The number of benzene rings is 1. The Labute approximate surface area is 163 Å². The van der Waals surface area contributed by atoms with Gasteiger partial charge in [-0.1, -0.05) is 37.8 Å². The van der Waals surface area contributed by atoms with Crippen LogP contribution < -0.4 is 5.32 Å². The minimum atomic E-state index is -4.50. The Kier molecular flexibility index (Phi) is 5.98. The van der Waals surface area contributed by atoms with Gasteiger partial charge in [0.1, 0.15) is 5.82 Å². The molecule has 3 rings (SSSR count). The molecule has 28 heavy (non-hydrogen) atoms. The van der Waals surface area contributed by atoms with Crippen LogP contribution in [0.3, 0.4) is 0 Å². The van der Waals surface area contributed by atoms with Gasteiger partial charge in [-0.15, -0.1) is 0 Å². The zero-order valence-corrected chi connectivity index (χ0v) is 16.4. The molecule has 0 amide bonds. The number of aromatic nitrogens is 1. The first-order valence-corrected chi connectivity index (χ1v) is 11.2. The second-order valence-electron chi connectivity index (χ2n) is 7.25. The van der Waals surface area contributed by atoms with E-state index in [9.17, 15) is 21.6 Å². The molecular weight excluding hydrogens is 389 g/mol. The average molecular weight is 412 g/mol. The summed E-state index contributed by atoms with van der Waals surface area (Å²) >= 11 is 0. The van der Waals surface area contributed by atoms with E-state index in [2.05, 4.69) is 10.3 Å². The van der Waals surface area contributed by atoms with Crippen LogP contribution in [0.15, 0.2) is 41.3 Å². The number of hydrogen-bond acceptors (Lipinski definition) is 4. The van der Waals surface area contributed by atoms with Crippen LogP contribution in [-0.2, 0) is 16.0 Å². The van der Waals surface area contributed by atoms with Crippen LogP contribution >= 0.6 is 0 Å². The van der Waals surface area contributed by atoms with Crippen LogP contribution in [0, 0.1) is 0 Å². The van der Waals surface area contributed by atoms with Crippen molar-refractivity contribution in [1.29, 1.82) is 0 Å². The molecule has 1 aromatic carbocycles. The first kappa shape index (κ1) is 20.6. The van der Waals surface area contributed by atoms with Crippen molar-refractivity contribution in [1.82, 2.24) is 4.98 Å². The Bertz CT molecular complexity index is 917. The lowest BCUT2D eigenvalue weighted by Crippen LogP contribution is -2.20. The van der Waals surface area contributed by atoms with Gasteiger partial charge in [0.05, 0.1) is 16.2 Å². The Hall–Kier alpha value is -2.09. The number of nitrogens with one attached hydrogen (secondary N) is 1. The zero-order chi connectivity index (χ0) is 20.4. The summed E-state index contributed by atoms with van der Waals surface area (Å²) in [5.74, 6) is 0.198. The van der Waals surface area contributed by atoms with Crippen LogP contribution in [0.4, 0.5) is 19.0 Å². The summed E-state index contributed by atoms with van der Waals surface area (Å²) in [5.41, 5.74) is -0.186. The van der Waals surface area contributed by atoms with Crippen LogP contribution in [0.5, 0.6) is 0 Å². The second-order valence-corrected chi connectivity index (χ2v) is 9.27. The number of hydrogen-bond donors (Lipinski definition) is 1. The third kappa shape index (κ3) is 5.25. The van der Waals surface area contributed by atoms with Gasteiger partial charge in [-0.2, -0.15) is 13.2 Å². The predicted octanol–water partition coefficient (Wildman–Crippen LogP) is 5.31. The topological polar surface area (TPSA) is 59.1 Å². The molecule has 0 radical (unpaired) electrons. The summed E-state index contributed by atoms with van der Waals surface area (Å²) in [4.78, 5) is 4.48. The van der Waals surface area contributed by atoms with Crippen LogP contribution in [0.25, 0.3) is 11.3 Å². The first-order valence-electron chi connectivity index (χ1n) is 9.29. The van der Waals surface area contributed by atoms with Crippen molar-refractivity contribution in [3.8, 4) is 11.3 Å². The number of sulfone groups is 1. The summed E-state index contributed by atoms with van der Waals surface area (Å²) < 4.78 is 63.4. The van der Waals surface area contributed by atoms with E-state index in [0.717, 1.165) is 56.9 Å². The van der Waals surface area contributed by atoms with Gasteiger partial charge in [0.2, 0.25) is 0 Å². The normalized spacial score (nSPS) is 16.6. The molecule has 0 atom stereocenters. The minimum absolute atomic E-state index is 0.110. The van der Waals surface area contributed by atoms with Crippen molar-refractivity contribution in [2.24, 2.45) is 0 Å². The zero-order valence-electron chi connectivity index (χ0n) is 15.6. The molecule has 4 nitrogen and oxygen atoms in total. The van der Waals surface area contributed by atoms with Crippen LogP contribution in [0.2, 0.25) is 0 Å². The van der Waals surface area contributed by atoms with Gasteiger partial charge in [0, 0.05) is 17.9 Å². The second kappa shape index (κ2) is 8.11. The Morgan fingerprint density at radius 2 is 1.61 bits per heavy atom. The van der Waals surface area contributed by atoms with Gasteiger partial charge < -0.3 is 5.32 Å². The molecule has 0 aliphatic heterocycles. The summed E-state index contributed by atoms with van der Waals surface area (Å²) in [5, 5.41) is 3.17. The molecule has 1 saturated carbocycles. The minimum Gasteiger partial charge on any atom is -0.367 e. The fourth-order valence-corrected chi connectivity index (χ4v) is 4.05. The van der Waals surface area contributed by atoms with Crippen molar-refractivity contribution < 1.29 is 21.6 Å². The molecule has 1 aliphatic carbocycles. The summed E-state index contributed by atoms with van der Waals surface area (Å²) in [6.07, 6.45) is 2.81. The number of pyridine rings is 1. The summed E-state index contributed by atoms with van der Waals surface area (Å²) in [6, 6.07) is 7.87. The van der Waals surface area contributed by atoms with Gasteiger partial charge in [0.25, 0.3) is 0 Å². The van der Waals surface area contributed by atoms with Gasteiger partial charge in [0.15, 0.2) is 9.84 Å². The van der Waals surface area contributed by atoms with E-state index in [1.807, 2.05) is 0 Å². The maximum Gasteiger partial charge on any atom is 0.416 e. The van der Waals surface area contributed by atoms with E-state index in [0.29, 0.717) is 5.56 Å². The number of halogens is 3. The van der Waals surface area contributed by atoms with Crippen LogP contribution in [0.1, 0.15) is 44.1 Å². The molecule has 2 aromatic rings. The third-order valence-corrected chi connectivity index (χ3v) is 6.07. The third-order valence-electron chi connectivity index (χ3n) is 4.94. The maximum atomic E-state index is 13.4. The molecule has 0 unspecified atom stereocenters. The lowest BCUT2D eigenvalue weighted by Gasteiger charge is -2.19. The van der Waals surface area contributed by atoms with Gasteiger partial charge in [-0.3, -0.25) is 0 Å². The van der Waals surface area contributed by atoms with Crippen molar-refractivity contribution in [2.75, 3.05) is 11.6 Å². The van der Waals surface area contributed by atoms with Gasteiger partial charge in [-0.05, 0) is 37.1 Å². The van der Waals surface area contributed by atoms with E-state index in [4.69, 9.17) is 0 Å². The molecule has 1 fully saturated rings. The van der Waals surface area contributed by atoms with E-state index in [-0.39, 0.29) is 22.4 Å². The van der Waals surface area contributed by atoms with Gasteiger partial charge >= 0.3 is 6.18 Å². The Balaban J connectivity index is 1.95. The van der Waals surface area contributed by atoms with Crippen molar-refractivity contribution in [2.45, 2.75) is 55.6 Å². The monoisotopic (exact) mass is 412 g/mol. The van der Waals surface area contributed by atoms with Crippen molar-refractivity contribution >= 4 is 15.7 Å². The molecule has 1 aromatic heterocycles. The van der Waals surface area contributed by atoms with Crippen molar-refractivity contribution in [3.63, 3.8) is 0 Å². The molecular formula is C20H23F3N2O2S. The highest BCUT2D eigenvalue weighted by Crippen LogP contribution is 2.34. The smallest absolute Gasteiger partial charge is 0.367 e. The summed E-state index contributed by atoms with van der Waals surface area (Å²) in [6.45, 7) is 0. The first-order chi connectivity index (χ1) is 13.1. The molecule has 1 N–H and O–H groups in total. The number of rotatable bonds is 4. The largest absolute Gasteiger partial charge is 0.416 e. The molecule has 1 aliphatic rings. The standard InChI is InChI=1S/C20H23F3N2O2S/c1-28(26,27)17-10-8-14(9-11-17)18-12-15(20(21,22)23)13-19(25-18)24-16-6-4-2-3-5-7-16/h8-13,16H,2-7H2,1H3,(H,24,25). The van der Waals surface area contributed by atoms with E-state index >= 15 is 0 Å². The number of anilines is 1. The van der Waals surface area contributed by atoms with Crippen molar-refractivity contribution in [3.05, 3.63) is 42.0 Å². The van der Waals surface area contributed by atoms with Crippen LogP contribution in [-0.4, -0.2) is 25.7 Å². The Morgan fingerprint density at radius 1 is 1.00 bits per heavy atom. The average Bonchev–Trinajstić information content (AvgIpc) is 2.89. The van der Waals surface area contributed by atoms with E-state index in [1.165, 1.54) is 24.3 Å². The molecule has 1 heterocycles. The highest BCUT2D eigenvalue weighted by molar-refractivity contribution is 7.90. The molecule has 0 spiro atoms. The molecule has 152 valence electrons. The quantitative estimate of drug-likeness (QED) is 0.692. The lowest BCUT2D eigenvalue weighted by molar-refractivity contribution is -0.137. The Morgan fingerprint density at radius 3 is 2.14 bits per heavy atom. The van der Waals surface area contributed by atoms with E-state index < -0.39 is 21.6 Å². The summed E-state index contributed by atoms with van der Waals surface area (Å²) in [7, 11) is -3.38. The predicted molar refractivity (Wildman–Crippen MR) is 103 cm³/mol. The molecule has 8 heteroatoms. The molecule has 0 bridgehead atoms. The lowest BCUT2D eigenvalue weighted by atomic mass is 10.1. The fourth-order valence-electron chi connectivity index (χ4n) is 3.42. The maximum absolute atomic E-state index is 13.4. The molecule has 0 saturated heterocycles. The van der Waals surface area contributed by atoms with E-state index in [1.54, 1.807) is 0 Å². The fraction of sp³-hybridized carbons (Fsp3) is 0.450. The highest BCUT2D eigenvalue weighted by atomic mass is 32.2. The number of alkyl halides is 3. The number of nitrogens with zero attached hydrogens (tertiary/aromatic N) is 1. The highest BCUT2D eigenvalue weighted by Gasteiger charge is 2.32. The van der Waals surface area contributed by atoms with Gasteiger partial charge in [-0.25, -0.2) is 13.4 Å². The SMILES string of the molecule is CS(=O)(=O)c1ccc(-c2cc(C(F)(F)F)cc(NC3CCCCCC3)n2)cc1.